The molecule has 0 aliphatic carbocycles. The van der Waals surface area contributed by atoms with Crippen LogP contribution in [0.25, 0.3) is 0 Å². The van der Waals surface area contributed by atoms with Crippen LogP contribution in [0.1, 0.15) is 50.2 Å². The molecule has 0 bridgehead atoms. The second-order valence-corrected chi connectivity index (χ2v) is 8.59. The third-order valence-corrected chi connectivity index (χ3v) is 6.21. The first-order valence-electron chi connectivity index (χ1n) is 11.2. The van der Waals surface area contributed by atoms with E-state index >= 15 is 0 Å². The topological polar surface area (TPSA) is 30.9 Å². The summed E-state index contributed by atoms with van der Waals surface area (Å²) in [6.45, 7) is 8.71. The third kappa shape index (κ3) is 6.40. The Morgan fingerprint density at radius 2 is 1.63 bits per heavy atom. The second-order valence-electron chi connectivity index (χ2n) is 8.59. The molecule has 0 unspecified atom stereocenters. The molecule has 1 aliphatic heterocycles. The molecule has 0 atom stereocenters. The van der Waals surface area contributed by atoms with Gasteiger partial charge >= 0.3 is 0 Å². The van der Waals surface area contributed by atoms with E-state index in [0.29, 0.717) is 5.92 Å². The van der Waals surface area contributed by atoms with E-state index in [1.165, 1.54) is 37.1 Å². The lowest BCUT2D eigenvalue weighted by Gasteiger charge is -2.32. The lowest BCUT2D eigenvalue weighted by atomic mass is 9.93. The van der Waals surface area contributed by atoms with Gasteiger partial charge in [-0.3, -0.25) is 0 Å². The minimum absolute atomic E-state index is 0.566. The molecular formula is C26H37NO3. The standard InChI is InChI=1S/C26H37NO3/c1-20(2)23-6-8-24(9-7-23)30-18-14-21-11-15-27(16-12-21)17-13-22-5-10-25(28-3)26(19-22)29-4/h5-10,19-21H,11-18H2,1-4H3. The second kappa shape index (κ2) is 11.3. The number of methoxy groups -OCH3 is 2. The Kier molecular flexibility index (Phi) is 8.44. The van der Waals surface area contributed by atoms with Crippen LogP contribution in [0.5, 0.6) is 17.2 Å². The molecule has 0 saturated carbocycles. The number of hydrogen-bond donors (Lipinski definition) is 0. The number of benzene rings is 2. The normalized spacial score (nSPS) is 15.4. The van der Waals surface area contributed by atoms with Crippen molar-refractivity contribution in [3.8, 4) is 17.2 Å². The van der Waals surface area contributed by atoms with E-state index in [-0.39, 0.29) is 0 Å². The van der Waals surface area contributed by atoms with Gasteiger partial charge in [0, 0.05) is 6.54 Å². The molecule has 1 fully saturated rings. The van der Waals surface area contributed by atoms with Crippen molar-refractivity contribution in [2.45, 2.75) is 45.4 Å². The monoisotopic (exact) mass is 411 g/mol. The minimum atomic E-state index is 0.566. The first kappa shape index (κ1) is 22.5. The fourth-order valence-corrected chi connectivity index (χ4v) is 4.11. The summed E-state index contributed by atoms with van der Waals surface area (Å²) in [4.78, 5) is 2.58. The highest BCUT2D eigenvalue weighted by Gasteiger charge is 2.19. The number of rotatable bonds is 10. The SMILES string of the molecule is COc1ccc(CCN2CCC(CCOc3ccc(C(C)C)cc3)CC2)cc1OC. The van der Waals surface area contributed by atoms with E-state index in [0.717, 1.165) is 49.2 Å². The molecule has 0 aromatic heterocycles. The van der Waals surface area contributed by atoms with Gasteiger partial charge in [-0.15, -0.1) is 0 Å². The number of piperidine rings is 1. The first-order chi connectivity index (χ1) is 14.6. The maximum absolute atomic E-state index is 5.98. The Balaban J connectivity index is 1.35. The van der Waals surface area contributed by atoms with E-state index in [4.69, 9.17) is 14.2 Å². The Morgan fingerprint density at radius 3 is 2.27 bits per heavy atom. The molecule has 3 rings (SSSR count). The molecule has 1 aliphatic rings. The van der Waals surface area contributed by atoms with E-state index in [9.17, 15) is 0 Å². The van der Waals surface area contributed by atoms with Gasteiger partial charge in [-0.05, 0) is 86.0 Å². The number of ether oxygens (including phenoxy) is 3. The maximum atomic E-state index is 5.98. The summed E-state index contributed by atoms with van der Waals surface area (Å²) in [5.74, 6) is 3.94. The fraction of sp³-hybridized carbons (Fsp3) is 0.538. The molecule has 4 nitrogen and oxygen atoms in total. The van der Waals surface area contributed by atoms with Gasteiger partial charge in [-0.25, -0.2) is 0 Å². The zero-order valence-corrected chi connectivity index (χ0v) is 19.0. The molecule has 0 amide bonds. The zero-order valence-electron chi connectivity index (χ0n) is 19.0. The Bertz CT molecular complexity index is 764. The average molecular weight is 412 g/mol. The summed E-state index contributed by atoms with van der Waals surface area (Å²) in [5.41, 5.74) is 2.66. The van der Waals surface area contributed by atoms with Crippen molar-refractivity contribution in [2.24, 2.45) is 5.92 Å². The Morgan fingerprint density at radius 1 is 0.933 bits per heavy atom. The van der Waals surface area contributed by atoms with Gasteiger partial charge in [-0.1, -0.05) is 32.0 Å². The predicted molar refractivity (Wildman–Crippen MR) is 123 cm³/mol. The third-order valence-electron chi connectivity index (χ3n) is 6.21. The van der Waals surface area contributed by atoms with Gasteiger partial charge in [-0.2, -0.15) is 0 Å². The van der Waals surface area contributed by atoms with Gasteiger partial charge in [0.1, 0.15) is 5.75 Å². The molecule has 4 heteroatoms. The van der Waals surface area contributed by atoms with Gasteiger partial charge in [0.05, 0.1) is 20.8 Å². The highest BCUT2D eigenvalue weighted by molar-refractivity contribution is 5.43. The van der Waals surface area contributed by atoms with Crippen molar-refractivity contribution in [3.63, 3.8) is 0 Å². The average Bonchev–Trinajstić information content (AvgIpc) is 2.78. The van der Waals surface area contributed by atoms with Crippen LogP contribution in [0, 0.1) is 5.92 Å². The van der Waals surface area contributed by atoms with Gasteiger partial charge in [0.2, 0.25) is 0 Å². The van der Waals surface area contributed by atoms with Crippen LogP contribution in [0.2, 0.25) is 0 Å². The molecular weight excluding hydrogens is 374 g/mol. The largest absolute Gasteiger partial charge is 0.494 e. The van der Waals surface area contributed by atoms with E-state index in [1.807, 2.05) is 6.07 Å². The van der Waals surface area contributed by atoms with Crippen LogP contribution in [0.4, 0.5) is 0 Å². The molecule has 2 aromatic rings. The van der Waals surface area contributed by atoms with E-state index in [1.54, 1.807) is 14.2 Å². The lowest BCUT2D eigenvalue weighted by Crippen LogP contribution is -2.35. The Labute approximate surface area is 182 Å². The van der Waals surface area contributed by atoms with Crippen molar-refractivity contribution < 1.29 is 14.2 Å². The minimum Gasteiger partial charge on any atom is -0.494 e. The lowest BCUT2D eigenvalue weighted by molar-refractivity contribution is 0.164. The van der Waals surface area contributed by atoms with Crippen molar-refractivity contribution in [1.82, 2.24) is 4.90 Å². The zero-order chi connectivity index (χ0) is 21.3. The molecule has 164 valence electrons. The number of nitrogens with zero attached hydrogens (tertiary/aromatic N) is 1. The summed E-state index contributed by atoms with van der Waals surface area (Å²) in [5, 5.41) is 0. The van der Waals surface area contributed by atoms with Crippen molar-refractivity contribution in [1.29, 1.82) is 0 Å². The quantitative estimate of drug-likeness (QED) is 0.513. The molecule has 0 N–H and O–H groups in total. The molecule has 30 heavy (non-hydrogen) atoms. The van der Waals surface area contributed by atoms with E-state index < -0.39 is 0 Å². The maximum Gasteiger partial charge on any atom is 0.160 e. The van der Waals surface area contributed by atoms with Crippen LogP contribution in [-0.4, -0.2) is 45.4 Å². The first-order valence-corrected chi connectivity index (χ1v) is 11.2. The van der Waals surface area contributed by atoms with Gasteiger partial charge in [0.25, 0.3) is 0 Å². The van der Waals surface area contributed by atoms with Crippen molar-refractivity contribution in [3.05, 3.63) is 53.6 Å². The van der Waals surface area contributed by atoms with Gasteiger partial charge in [0.15, 0.2) is 11.5 Å². The highest BCUT2D eigenvalue weighted by Crippen LogP contribution is 2.28. The number of hydrogen-bond acceptors (Lipinski definition) is 4. The smallest absolute Gasteiger partial charge is 0.160 e. The molecule has 1 saturated heterocycles. The van der Waals surface area contributed by atoms with Crippen LogP contribution >= 0.6 is 0 Å². The molecule has 0 spiro atoms. The summed E-state index contributed by atoms with van der Waals surface area (Å²) in [7, 11) is 3.37. The molecule has 1 heterocycles. The highest BCUT2D eigenvalue weighted by atomic mass is 16.5. The van der Waals surface area contributed by atoms with Crippen LogP contribution in [0.15, 0.2) is 42.5 Å². The van der Waals surface area contributed by atoms with Crippen molar-refractivity contribution in [2.75, 3.05) is 40.5 Å². The van der Waals surface area contributed by atoms with Crippen LogP contribution in [0.3, 0.4) is 0 Å². The summed E-state index contributed by atoms with van der Waals surface area (Å²) >= 11 is 0. The molecule has 0 radical (unpaired) electrons. The predicted octanol–water partition coefficient (Wildman–Crippen LogP) is 5.55. The number of likely N-dealkylation sites (tertiary alicyclic amines) is 1. The summed E-state index contributed by atoms with van der Waals surface area (Å²) in [6, 6.07) is 14.8. The van der Waals surface area contributed by atoms with Crippen molar-refractivity contribution >= 4 is 0 Å². The molecule has 2 aromatic carbocycles. The summed E-state index contributed by atoms with van der Waals surface area (Å²) < 4.78 is 16.7. The van der Waals surface area contributed by atoms with Gasteiger partial charge < -0.3 is 19.1 Å². The van der Waals surface area contributed by atoms with Crippen LogP contribution in [-0.2, 0) is 6.42 Å². The van der Waals surface area contributed by atoms with Crippen LogP contribution < -0.4 is 14.2 Å². The van der Waals surface area contributed by atoms with E-state index in [2.05, 4.69) is 55.1 Å². The fourth-order valence-electron chi connectivity index (χ4n) is 4.11. The summed E-state index contributed by atoms with van der Waals surface area (Å²) in [6.07, 6.45) is 4.72. The Hall–Kier alpha value is -2.20.